The monoisotopic (exact) mass is 221 g/mol. The van der Waals surface area contributed by atoms with E-state index in [-0.39, 0.29) is 5.75 Å². The van der Waals surface area contributed by atoms with Gasteiger partial charge in [0.2, 0.25) is 5.88 Å². The predicted octanol–water partition coefficient (Wildman–Crippen LogP) is 3.46. The SMILES string of the molecule is Cc1cccnc1Oc1ccc(F)cc1F. The molecule has 4 heteroatoms. The molecule has 0 saturated carbocycles. The van der Waals surface area contributed by atoms with Crippen LogP contribution in [0, 0.1) is 18.6 Å². The summed E-state index contributed by atoms with van der Waals surface area (Å²) < 4.78 is 31.2. The van der Waals surface area contributed by atoms with Gasteiger partial charge in [0.1, 0.15) is 5.82 Å². The molecule has 16 heavy (non-hydrogen) atoms. The lowest BCUT2D eigenvalue weighted by Gasteiger charge is -2.07. The number of rotatable bonds is 2. The summed E-state index contributed by atoms with van der Waals surface area (Å²) >= 11 is 0. The average molecular weight is 221 g/mol. The van der Waals surface area contributed by atoms with Gasteiger partial charge in [-0.05, 0) is 25.1 Å². The van der Waals surface area contributed by atoms with Gasteiger partial charge in [-0.3, -0.25) is 0 Å². The van der Waals surface area contributed by atoms with Gasteiger partial charge in [-0.1, -0.05) is 6.07 Å². The van der Waals surface area contributed by atoms with Gasteiger partial charge in [-0.2, -0.15) is 0 Å². The molecule has 0 amide bonds. The van der Waals surface area contributed by atoms with Crippen LogP contribution in [-0.2, 0) is 0 Å². The van der Waals surface area contributed by atoms with Crippen molar-refractivity contribution in [1.82, 2.24) is 4.98 Å². The zero-order chi connectivity index (χ0) is 11.5. The van der Waals surface area contributed by atoms with E-state index in [0.717, 1.165) is 17.7 Å². The Morgan fingerprint density at radius 2 is 2.00 bits per heavy atom. The first-order chi connectivity index (χ1) is 7.66. The molecule has 1 heterocycles. The highest BCUT2D eigenvalue weighted by molar-refractivity contribution is 5.32. The van der Waals surface area contributed by atoms with Crippen LogP contribution in [0.4, 0.5) is 8.78 Å². The molecule has 1 aromatic carbocycles. The van der Waals surface area contributed by atoms with E-state index in [4.69, 9.17) is 4.74 Å². The molecular formula is C12H9F2NO. The molecule has 0 unspecified atom stereocenters. The topological polar surface area (TPSA) is 22.1 Å². The molecular weight excluding hydrogens is 212 g/mol. The van der Waals surface area contributed by atoms with Crippen molar-refractivity contribution in [2.75, 3.05) is 0 Å². The highest BCUT2D eigenvalue weighted by Gasteiger charge is 2.08. The van der Waals surface area contributed by atoms with Crippen LogP contribution in [0.25, 0.3) is 0 Å². The van der Waals surface area contributed by atoms with Gasteiger partial charge in [0.25, 0.3) is 0 Å². The Morgan fingerprint density at radius 3 is 2.69 bits per heavy atom. The van der Waals surface area contributed by atoms with Gasteiger partial charge in [0.05, 0.1) is 0 Å². The molecule has 0 aliphatic rings. The van der Waals surface area contributed by atoms with Crippen LogP contribution in [0.3, 0.4) is 0 Å². The maximum atomic E-state index is 13.3. The minimum absolute atomic E-state index is 0.0387. The van der Waals surface area contributed by atoms with E-state index < -0.39 is 11.6 Å². The maximum absolute atomic E-state index is 13.3. The summed E-state index contributed by atoms with van der Waals surface area (Å²) in [4.78, 5) is 3.95. The number of aryl methyl sites for hydroxylation is 1. The van der Waals surface area contributed by atoms with E-state index >= 15 is 0 Å². The Labute approximate surface area is 91.5 Å². The highest BCUT2D eigenvalue weighted by Crippen LogP contribution is 2.25. The van der Waals surface area contributed by atoms with Gasteiger partial charge >= 0.3 is 0 Å². The van der Waals surface area contributed by atoms with Gasteiger partial charge in [0.15, 0.2) is 11.6 Å². The van der Waals surface area contributed by atoms with Gasteiger partial charge in [0, 0.05) is 17.8 Å². The molecule has 0 bridgehead atoms. The van der Waals surface area contributed by atoms with Crippen molar-refractivity contribution in [2.45, 2.75) is 6.92 Å². The third-order valence-electron chi connectivity index (χ3n) is 2.06. The molecule has 0 saturated heterocycles. The summed E-state index contributed by atoms with van der Waals surface area (Å²) in [5.41, 5.74) is 0.784. The molecule has 82 valence electrons. The van der Waals surface area contributed by atoms with Crippen LogP contribution in [0.15, 0.2) is 36.5 Å². The van der Waals surface area contributed by atoms with E-state index in [1.165, 1.54) is 6.07 Å². The molecule has 0 atom stereocenters. The second-order valence-corrected chi connectivity index (χ2v) is 3.30. The third-order valence-corrected chi connectivity index (χ3v) is 2.06. The van der Waals surface area contributed by atoms with E-state index in [0.29, 0.717) is 5.88 Å². The van der Waals surface area contributed by atoms with Crippen LogP contribution in [0.2, 0.25) is 0 Å². The first-order valence-corrected chi connectivity index (χ1v) is 4.71. The molecule has 2 rings (SSSR count). The molecule has 2 aromatic rings. The number of pyridine rings is 1. The molecule has 2 nitrogen and oxygen atoms in total. The minimum atomic E-state index is -0.745. The van der Waals surface area contributed by atoms with E-state index in [1.54, 1.807) is 25.3 Å². The molecule has 0 radical (unpaired) electrons. The first kappa shape index (κ1) is 10.5. The fraction of sp³-hybridized carbons (Fsp3) is 0.0833. The van der Waals surface area contributed by atoms with Crippen LogP contribution in [0.1, 0.15) is 5.56 Å². The lowest BCUT2D eigenvalue weighted by atomic mass is 10.3. The third kappa shape index (κ3) is 2.16. The Balaban J connectivity index is 2.31. The Hall–Kier alpha value is -1.97. The largest absolute Gasteiger partial charge is 0.436 e. The van der Waals surface area contributed by atoms with Crippen molar-refractivity contribution in [3.8, 4) is 11.6 Å². The summed E-state index contributed by atoms with van der Waals surface area (Å²) in [7, 11) is 0. The van der Waals surface area contributed by atoms with Crippen LogP contribution in [0.5, 0.6) is 11.6 Å². The van der Waals surface area contributed by atoms with Crippen molar-refractivity contribution >= 4 is 0 Å². The summed E-state index contributed by atoms with van der Waals surface area (Å²) in [5.74, 6) is -1.11. The van der Waals surface area contributed by atoms with E-state index in [2.05, 4.69) is 4.98 Å². The number of aromatic nitrogens is 1. The Kier molecular flexibility index (Phi) is 2.81. The van der Waals surface area contributed by atoms with Crippen molar-refractivity contribution in [2.24, 2.45) is 0 Å². The van der Waals surface area contributed by atoms with Gasteiger partial charge in [-0.15, -0.1) is 0 Å². The van der Waals surface area contributed by atoms with Crippen molar-refractivity contribution in [3.63, 3.8) is 0 Å². The Morgan fingerprint density at radius 1 is 1.19 bits per heavy atom. The molecule has 0 fully saturated rings. The summed E-state index contributed by atoms with van der Waals surface area (Å²) in [5, 5.41) is 0. The summed E-state index contributed by atoms with van der Waals surface area (Å²) in [6, 6.07) is 6.69. The highest BCUT2D eigenvalue weighted by atomic mass is 19.1. The fourth-order valence-electron chi connectivity index (χ4n) is 1.24. The quantitative estimate of drug-likeness (QED) is 0.774. The predicted molar refractivity (Wildman–Crippen MR) is 55.4 cm³/mol. The summed E-state index contributed by atoms with van der Waals surface area (Å²) in [6.45, 7) is 1.80. The average Bonchev–Trinajstić information content (AvgIpc) is 2.25. The molecule has 0 aliphatic heterocycles. The van der Waals surface area contributed by atoms with Gasteiger partial charge in [-0.25, -0.2) is 13.8 Å². The van der Waals surface area contributed by atoms with Crippen LogP contribution >= 0.6 is 0 Å². The zero-order valence-corrected chi connectivity index (χ0v) is 8.58. The number of benzene rings is 1. The van der Waals surface area contributed by atoms with Gasteiger partial charge < -0.3 is 4.74 Å². The smallest absolute Gasteiger partial charge is 0.222 e. The lowest BCUT2D eigenvalue weighted by Crippen LogP contribution is -1.93. The number of ether oxygens (including phenoxy) is 1. The fourth-order valence-corrected chi connectivity index (χ4v) is 1.24. The molecule has 0 spiro atoms. The number of halogens is 2. The second-order valence-electron chi connectivity index (χ2n) is 3.30. The number of hydrogen-bond donors (Lipinski definition) is 0. The van der Waals surface area contributed by atoms with Crippen molar-refractivity contribution in [3.05, 3.63) is 53.7 Å². The molecule has 0 aliphatic carbocycles. The number of hydrogen-bond acceptors (Lipinski definition) is 2. The normalized spacial score (nSPS) is 10.2. The molecule has 1 aromatic heterocycles. The lowest BCUT2D eigenvalue weighted by molar-refractivity contribution is 0.421. The van der Waals surface area contributed by atoms with E-state index in [9.17, 15) is 8.78 Å². The standard InChI is InChI=1S/C12H9F2NO/c1-8-3-2-6-15-12(8)16-11-5-4-9(13)7-10(11)14/h2-7H,1H3. The van der Waals surface area contributed by atoms with Crippen LogP contribution < -0.4 is 4.74 Å². The summed E-state index contributed by atoms with van der Waals surface area (Å²) in [6.07, 6.45) is 1.55. The maximum Gasteiger partial charge on any atom is 0.222 e. The van der Waals surface area contributed by atoms with Crippen LogP contribution in [-0.4, -0.2) is 4.98 Å². The first-order valence-electron chi connectivity index (χ1n) is 4.71. The minimum Gasteiger partial charge on any atom is -0.436 e. The molecule has 0 N–H and O–H groups in total. The second kappa shape index (κ2) is 4.26. The number of nitrogens with zero attached hydrogens (tertiary/aromatic N) is 1. The zero-order valence-electron chi connectivity index (χ0n) is 8.58. The Bertz CT molecular complexity index is 514. The van der Waals surface area contributed by atoms with Crippen molar-refractivity contribution in [1.29, 1.82) is 0 Å². The van der Waals surface area contributed by atoms with Crippen molar-refractivity contribution < 1.29 is 13.5 Å². The van der Waals surface area contributed by atoms with E-state index in [1.807, 2.05) is 0 Å².